The van der Waals surface area contributed by atoms with E-state index in [4.69, 9.17) is 47.9 Å². The van der Waals surface area contributed by atoms with Gasteiger partial charge in [0.25, 0.3) is 0 Å². The van der Waals surface area contributed by atoms with E-state index in [1.165, 1.54) is 0 Å². The number of amides is 6. The van der Waals surface area contributed by atoms with Crippen LogP contribution < -0.4 is 29.6 Å². The summed E-state index contributed by atoms with van der Waals surface area (Å²) in [5.74, 6) is 1.94. The molecule has 1 unspecified atom stereocenters. The predicted molar refractivity (Wildman–Crippen MR) is 334 cm³/mol. The van der Waals surface area contributed by atoms with Gasteiger partial charge in [-0.3, -0.25) is 24.4 Å². The fourth-order valence-electron chi connectivity index (χ4n) is 14.3. The molecule has 3 N–H and O–H groups in total. The summed E-state index contributed by atoms with van der Waals surface area (Å²) < 4.78 is 46.2. The summed E-state index contributed by atoms with van der Waals surface area (Å²) in [6, 6.07) is 21.0. The monoisotopic (exact) mass is 1260 g/mol. The maximum atomic E-state index is 14.8. The van der Waals surface area contributed by atoms with Gasteiger partial charge in [-0.25, -0.2) is 24.2 Å². The zero-order chi connectivity index (χ0) is 63.3. The van der Waals surface area contributed by atoms with E-state index >= 15 is 0 Å². The second-order valence-corrected chi connectivity index (χ2v) is 26.3. The molecule has 1 aromatic heterocycles. The average molecular weight is 1260 g/mol. The summed E-state index contributed by atoms with van der Waals surface area (Å²) in [5, 5.41) is 5.76. The number of aliphatic imine (C=N–C) groups is 1. The number of aromatic nitrogens is 2. The third-order valence-corrected chi connectivity index (χ3v) is 19.4. The third-order valence-electron chi connectivity index (χ3n) is 19.4. The van der Waals surface area contributed by atoms with Crippen molar-refractivity contribution in [2.75, 3.05) is 26.7 Å². The number of aromatic amines is 1. The van der Waals surface area contributed by atoms with Crippen molar-refractivity contribution >= 4 is 47.5 Å². The molecule has 0 radical (unpaired) electrons. The van der Waals surface area contributed by atoms with Crippen molar-refractivity contribution in [3.63, 3.8) is 0 Å². The van der Waals surface area contributed by atoms with Gasteiger partial charge in [0.2, 0.25) is 25.4 Å². The van der Waals surface area contributed by atoms with Crippen molar-refractivity contribution in [1.29, 1.82) is 0 Å². The number of hydrogen-bond acceptors (Lipinski definition) is 16. The number of nitrogens with one attached hydrogen (secondary N) is 3. The molecule has 0 spiro atoms. The zero-order valence-electron chi connectivity index (χ0n) is 52.2. The number of alkyl carbamates (subject to hydrolysis) is 2. The second kappa shape index (κ2) is 25.4. The molecule has 92 heavy (non-hydrogen) atoms. The van der Waals surface area contributed by atoms with Crippen LogP contribution in [0.25, 0.3) is 28.0 Å². The summed E-state index contributed by atoms with van der Waals surface area (Å²) in [5.41, 5.74) is 10.1. The quantitative estimate of drug-likeness (QED) is 0.0824. The molecule has 6 amide bonds. The highest BCUT2D eigenvalue weighted by atomic mass is 16.7. The van der Waals surface area contributed by atoms with E-state index in [9.17, 15) is 28.8 Å². The Morgan fingerprint density at radius 3 is 1.39 bits per heavy atom. The lowest BCUT2D eigenvalue weighted by molar-refractivity contribution is -0.136. The topological polar surface area (TPSA) is 254 Å². The molecule has 2 saturated carbocycles. The molecule has 7 aliphatic heterocycles. The number of H-pyrrole nitrogens is 1. The molecule has 482 valence electrons. The van der Waals surface area contributed by atoms with Crippen molar-refractivity contribution in [1.82, 2.24) is 40.2 Å². The molecule has 2 aliphatic carbocycles. The van der Waals surface area contributed by atoms with E-state index in [1.54, 1.807) is 25.8 Å². The van der Waals surface area contributed by atoms with E-state index < -0.39 is 60.7 Å². The molecular weight excluding hydrogens is 1180 g/mol. The number of fused-ring (bicyclic) bond motifs is 4. The Kier molecular flexibility index (Phi) is 16.7. The number of allylic oxidation sites excluding steroid dienone is 1. The van der Waals surface area contributed by atoms with E-state index in [1.807, 2.05) is 82.4 Å². The SMILES string of the molecule is CC(C)[C@H](NC(=O)OC1CCCC1)C(=O)N1C[C@H](OC(=O)N2Cc3cc4c(cc3C2)OCO4)CC1C1=NC=C(c2ccc(-c3ccc(-c4cnc([C@@H]5C[C@@H](OC(=O)N6Cc7cc8c(cc7C6)OCO8)CN5C(=O)[C@@H](NC(=O)OC5CCCC5)C(C)C)[nH]4)cc3)cc2)C1. The Labute approximate surface area is 533 Å². The van der Waals surface area contributed by atoms with Gasteiger partial charge in [-0.15, -0.1) is 0 Å². The predicted octanol–water partition coefficient (Wildman–Crippen LogP) is 10.7. The molecule has 9 aliphatic rings. The van der Waals surface area contributed by atoms with Gasteiger partial charge in [-0.2, -0.15) is 0 Å². The van der Waals surface area contributed by atoms with E-state index in [0.717, 1.165) is 113 Å². The van der Waals surface area contributed by atoms with Crippen LogP contribution in [0.2, 0.25) is 0 Å². The number of carbonyl (C=O) groups is 6. The van der Waals surface area contributed by atoms with Crippen molar-refractivity contribution < 1.29 is 66.7 Å². The van der Waals surface area contributed by atoms with Crippen LogP contribution in [0.15, 0.2) is 90.2 Å². The first kappa shape index (κ1) is 60.3. The standard InChI is InChI=1S/C69H77N9O14/c1-38(2)61(73-66(81)89-49-9-5-6-10-49)64(79)77-34-51(91-68(83)75-30-45-22-57-58(86-36-85-57)23-46(45)31-75)26-55(77)53-21-44(28-70-53)42-15-13-40(14-16-42)41-17-19-43(20-18-41)54-29-71-63(72-54)56-27-52(92-69(84)76-32-47-24-59-60(88-37-87-59)25-48(47)33-76)35-78(56)65(80)62(39(3)4)74-67(82)90-50-11-7-8-12-50/h13-20,22-25,28-29,38-39,49-52,55-56,61-62H,5-12,21,26-27,30-37H2,1-4H3,(H,71,72)(H,73,81)(H,74,82)/t51-,52-,55?,56+,61+,62+/m1/s1. The lowest BCUT2D eigenvalue weighted by Crippen LogP contribution is -2.54. The van der Waals surface area contributed by atoms with Gasteiger partial charge in [0.15, 0.2) is 23.0 Å². The number of rotatable bonds is 15. The molecule has 0 bridgehead atoms. The highest BCUT2D eigenvalue weighted by Gasteiger charge is 2.47. The number of carbonyl (C=O) groups excluding carboxylic acids is 6. The Bertz CT molecular complexity index is 3680. The van der Waals surface area contributed by atoms with E-state index in [2.05, 4.69) is 39.9 Å². The molecular formula is C69H77N9O14. The average Bonchev–Trinajstić information content (AvgIpc) is 1.69. The summed E-state index contributed by atoms with van der Waals surface area (Å²) in [7, 11) is 0. The summed E-state index contributed by atoms with van der Waals surface area (Å²) in [4.78, 5) is 104. The fourth-order valence-corrected chi connectivity index (χ4v) is 14.3. The van der Waals surface area contributed by atoms with Crippen molar-refractivity contribution in [3.8, 4) is 45.4 Å². The number of nitrogens with zero attached hydrogens (tertiary/aromatic N) is 6. The van der Waals surface area contributed by atoms with Gasteiger partial charge < -0.3 is 63.3 Å². The van der Waals surface area contributed by atoms with Crippen LogP contribution in [0.3, 0.4) is 0 Å². The van der Waals surface area contributed by atoms with Gasteiger partial charge in [-0.05, 0) is 138 Å². The lowest BCUT2D eigenvalue weighted by Gasteiger charge is -2.31. The van der Waals surface area contributed by atoms with Crippen LogP contribution in [0.4, 0.5) is 19.2 Å². The first-order chi connectivity index (χ1) is 44.6. The zero-order valence-corrected chi connectivity index (χ0v) is 52.2. The number of likely N-dealkylation sites (tertiary alicyclic amines) is 2. The maximum Gasteiger partial charge on any atom is 0.410 e. The van der Waals surface area contributed by atoms with Crippen molar-refractivity contribution in [3.05, 3.63) is 119 Å². The molecule has 6 atom stereocenters. The van der Waals surface area contributed by atoms with Gasteiger partial charge >= 0.3 is 24.4 Å². The van der Waals surface area contributed by atoms with Crippen LogP contribution >= 0.6 is 0 Å². The van der Waals surface area contributed by atoms with Gasteiger partial charge in [0, 0.05) is 57.4 Å². The second-order valence-electron chi connectivity index (χ2n) is 26.3. The first-order valence-electron chi connectivity index (χ1n) is 32.4. The number of hydrogen-bond donors (Lipinski definition) is 3. The smallest absolute Gasteiger partial charge is 0.410 e. The molecule has 8 heterocycles. The van der Waals surface area contributed by atoms with E-state index in [0.29, 0.717) is 67.8 Å². The van der Waals surface area contributed by atoms with Crippen LogP contribution in [0.1, 0.15) is 138 Å². The lowest BCUT2D eigenvalue weighted by atomic mass is 9.95. The van der Waals surface area contributed by atoms with Crippen LogP contribution in [0, 0.1) is 11.8 Å². The van der Waals surface area contributed by atoms with Gasteiger partial charge in [-0.1, -0.05) is 76.2 Å². The third kappa shape index (κ3) is 12.5. The Morgan fingerprint density at radius 1 is 0.533 bits per heavy atom. The normalized spacial score (nSPS) is 22.0. The molecule has 23 nitrogen and oxygen atoms in total. The maximum absolute atomic E-state index is 14.8. The summed E-state index contributed by atoms with van der Waals surface area (Å²) in [6.45, 7) is 9.46. The van der Waals surface area contributed by atoms with Crippen LogP contribution in [-0.4, -0.2) is 141 Å². The van der Waals surface area contributed by atoms with Gasteiger partial charge in [0.1, 0.15) is 42.3 Å². The molecule has 2 saturated heterocycles. The van der Waals surface area contributed by atoms with Gasteiger partial charge in [0.05, 0.1) is 37.1 Å². The minimum Gasteiger partial charge on any atom is -0.454 e. The van der Waals surface area contributed by atoms with Crippen molar-refractivity contribution in [2.45, 2.75) is 173 Å². The molecule has 5 aromatic rings. The molecule has 23 heteroatoms. The number of benzene rings is 4. The Hall–Kier alpha value is -9.28. The Morgan fingerprint density at radius 2 is 0.946 bits per heavy atom. The van der Waals surface area contributed by atoms with Crippen molar-refractivity contribution in [2.24, 2.45) is 16.8 Å². The first-order valence-corrected chi connectivity index (χ1v) is 32.4. The summed E-state index contributed by atoms with van der Waals surface area (Å²) >= 11 is 0. The summed E-state index contributed by atoms with van der Waals surface area (Å²) in [6.07, 6.45) is 7.90. The minimum atomic E-state index is -0.910. The minimum absolute atomic E-state index is 0.0890. The molecule has 4 aromatic carbocycles. The number of ether oxygens (including phenoxy) is 8. The largest absolute Gasteiger partial charge is 0.454 e. The Balaban J connectivity index is 0.637. The molecule has 14 rings (SSSR count). The van der Waals surface area contributed by atoms with Crippen LogP contribution in [0.5, 0.6) is 23.0 Å². The fraction of sp³-hybridized carbons (Fsp3) is 0.478. The molecule has 4 fully saturated rings. The van der Waals surface area contributed by atoms with Crippen LogP contribution in [-0.2, 0) is 54.7 Å². The number of imidazole rings is 1. The van der Waals surface area contributed by atoms with E-state index in [-0.39, 0.29) is 69.0 Å². The highest BCUT2D eigenvalue weighted by molar-refractivity contribution is 6.04. The highest BCUT2D eigenvalue weighted by Crippen LogP contribution is 2.42.